The molecule has 0 aromatic carbocycles. The van der Waals surface area contributed by atoms with Gasteiger partial charge in [0.25, 0.3) is 0 Å². The molecule has 0 saturated heterocycles. The smallest absolute Gasteiger partial charge is 0.162 e. The van der Waals surface area contributed by atoms with Crippen molar-refractivity contribution >= 4 is 5.65 Å². The maximum Gasteiger partial charge on any atom is 0.162 e. The lowest BCUT2D eigenvalue weighted by molar-refractivity contribution is 0.758. The molecule has 4 nitrogen and oxygen atoms in total. The second kappa shape index (κ2) is 3.06. The van der Waals surface area contributed by atoms with Crippen LogP contribution in [0.15, 0.2) is 18.3 Å². The van der Waals surface area contributed by atoms with E-state index in [2.05, 4.69) is 16.3 Å². The van der Waals surface area contributed by atoms with Crippen LogP contribution in [0.3, 0.4) is 0 Å². The third kappa shape index (κ3) is 1.46. The molecule has 1 saturated carbocycles. The molecule has 0 bridgehead atoms. The van der Waals surface area contributed by atoms with Crippen molar-refractivity contribution in [2.75, 3.05) is 0 Å². The number of nitriles is 1. The van der Waals surface area contributed by atoms with Crippen molar-refractivity contribution in [3.8, 4) is 6.07 Å². The molecule has 1 aliphatic carbocycles. The van der Waals surface area contributed by atoms with Crippen LogP contribution in [0.5, 0.6) is 0 Å². The van der Waals surface area contributed by atoms with E-state index in [9.17, 15) is 0 Å². The average Bonchev–Trinajstić information content (AvgIpc) is 2.99. The van der Waals surface area contributed by atoms with Crippen LogP contribution in [-0.4, -0.2) is 14.6 Å². The van der Waals surface area contributed by atoms with Gasteiger partial charge in [0.05, 0.1) is 11.6 Å². The molecule has 0 amide bonds. The maximum absolute atomic E-state index is 8.75. The van der Waals surface area contributed by atoms with Crippen molar-refractivity contribution in [2.45, 2.75) is 19.3 Å². The van der Waals surface area contributed by atoms with E-state index in [1.807, 2.05) is 10.6 Å². The monoisotopic (exact) mass is 198 g/mol. The largest absolute Gasteiger partial charge is 0.286 e. The summed E-state index contributed by atoms with van der Waals surface area (Å²) in [4.78, 5) is 0. The number of rotatable bonds is 2. The summed E-state index contributed by atoms with van der Waals surface area (Å²) >= 11 is 0. The zero-order chi connectivity index (χ0) is 10.3. The first kappa shape index (κ1) is 8.42. The average molecular weight is 198 g/mol. The van der Waals surface area contributed by atoms with E-state index in [4.69, 9.17) is 5.26 Å². The molecule has 1 aliphatic rings. The Morgan fingerprint density at radius 1 is 1.47 bits per heavy atom. The molecule has 15 heavy (non-hydrogen) atoms. The van der Waals surface area contributed by atoms with Crippen LogP contribution in [0.1, 0.15) is 24.2 Å². The first-order chi connectivity index (χ1) is 7.36. The standard InChI is InChI=1S/C11H10N4/c12-7-9-3-4-15-10(5-8-1-2-8)13-14-11(15)6-9/h3-4,6,8H,1-2,5H2. The molecule has 2 heterocycles. The molecule has 0 N–H and O–H groups in total. The summed E-state index contributed by atoms with van der Waals surface area (Å²) in [6.07, 6.45) is 5.51. The fourth-order valence-corrected chi connectivity index (χ4v) is 1.73. The molecule has 0 unspecified atom stereocenters. The predicted molar refractivity (Wildman–Crippen MR) is 54.1 cm³/mol. The summed E-state index contributed by atoms with van der Waals surface area (Å²) in [5.74, 6) is 1.81. The van der Waals surface area contributed by atoms with E-state index >= 15 is 0 Å². The van der Waals surface area contributed by atoms with Gasteiger partial charge in [-0.2, -0.15) is 5.26 Å². The highest BCUT2D eigenvalue weighted by atomic mass is 15.2. The Morgan fingerprint density at radius 2 is 2.33 bits per heavy atom. The zero-order valence-electron chi connectivity index (χ0n) is 8.22. The molecule has 4 heteroatoms. The summed E-state index contributed by atoms with van der Waals surface area (Å²) in [6, 6.07) is 5.67. The summed E-state index contributed by atoms with van der Waals surface area (Å²) in [5.41, 5.74) is 1.40. The van der Waals surface area contributed by atoms with Crippen LogP contribution in [0.4, 0.5) is 0 Å². The van der Waals surface area contributed by atoms with Crippen LogP contribution < -0.4 is 0 Å². The molecule has 0 spiro atoms. The third-order valence-electron chi connectivity index (χ3n) is 2.78. The van der Waals surface area contributed by atoms with Crippen LogP contribution in [-0.2, 0) is 6.42 Å². The topological polar surface area (TPSA) is 54.0 Å². The second-order valence-electron chi connectivity index (χ2n) is 4.02. The van der Waals surface area contributed by atoms with Gasteiger partial charge in [-0.3, -0.25) is 4.40 Å². The summed E-state index contributed by atoms with van der Waals surface area (Å²) in [6.45, 7) is 0. The second-order valence-corrected chi connectivity index (χ2v) is 4.02. The van der Waals surface area contributed by atoms with Gasteiger partial charge >= 0.3 is 0 Å². The molecule has 2 aromatic rings. The maximum atomic E-state index is 8.75. The van der Waals surface area contributed by atoms with Crippen molar-refractivity contribution in [1.29, 1.82) is 5.26 Å². The number of aromatic nitrogens is 3. The lowest BCUT2D eigenvalue weighted by Gasteiger charge is -1.97. The van der Waals surface area contributed by atoms with Crippen molar-refractivity contribution in [3.63, 3.8) is 0 Å². The number of pyridine rings is 1. The summed E-state index contributed by atoms with van der Waals surface area (Å²) in [7, 11) is 0. The number of nitrogens with zero attached hydrogens (tertiary/aromatic N) is 4. The number of hydrogen-bond donors (Lipinski definition) is 0. The van der Waals surface area contributed by atoms with E-state index in [-0.39, 0.29) is 0 Å². The van der Waals surface area contributed by atoms with Gasteiger partial charge in [-0.15, -0.1) is 10.2 Å². The fourth-order valence-electron chi connectivity index (χ4n) is 1.73. The van der Waals surface area contributed by atoms with Gasteiger partial charge in [-0.05, 0) is 24.8 Å². The molecule has 2 aromatic heterocycles. The lowest BCUT2D eigenvalue weighted by atomic mass is 10.2. The SMILES string of the molecule is N#Cc1ccn2c(CC3CC3)nnc2c1. The fraction of sp³-hybridized carbons (Fsp3) is 0.364. The van der Waals surface area contributed by atoms with Crippen LogP contribution in [0.2, 0.25) is 0 Å². The van der Waals surface area contributed by atoms with Crippen molar-refractivity contribution in [3.05, 3.63) is 29.7 Å². The Balaban J connectivity index is 2.06. The number of hydrogen-bond acceptors (Lipinski definition) is 3. The van der Waals surface area contributed by atoms with Crippen LogP contribution >= 0.6 is 0 Å². The highest BCUT2D eigenvalue weighted by Gasteiger charge is 2.23. The molecule has 0 radical (unpaired) electrons. The lowest BCUT2D eigenvalue weighted by Crippen LogP contribution is -1.96. The van der Waals surface area contributed by atoms with Crippen LogP contribution in [0.25, 0.3) is 5.65 Å². The van der Waals surface area contributed by atoms with Gasteiger partial charge in [0, 0.05) is 18.7 Å². The Morgan fingerprint density at radius 3 is 3.07 bits per heavy atom. The Bertz CT molecular complexity index is 545. The Kier molecular flexibility index (Phi) is 1.72. The van der Waals surface area contributed by atoms with Gasteiger partial charge in [0.2, 0.25) is 0 Å². The van der Waals surface area contributed by atoms with Gasteiger partial charge in [-0.25, -0.2) is 0 Å². The molecule has 0 atom stereocenters. The molecule has 0 aliphatic heterocycles. The van der Waals surface area contributed by atoms with Crippen molar-refractivity contribution in [2.24, 2.45) is 5.92 Å². The molecule has 74 valence electrons. The first-order valence-electron chi connectivity index (χ1n) is 5.10. The van der Waals surface area contributed by atoms with Gasteiger partial charge in [0.15, 0.2) is 5.65 Å². The van der Waals surface area contributed by atoms with E-state index in [1.165, 1.54) is 12.8 Å². The third-order valence-corrected chi connectivity index (χ3v) is 2.78. The molecule has 3 rings (SSSR count). The van der Waals surface area contributed by atoms with Crippen LogP contribution in [0, 0.1) is 17.2 Å². The van der Waals surface area contributed by atoms with Gasteiger partial charge in [-0.1, -0.05) is 0 Å². The van der Waals surface area contributed by atoms with Crippen molar-refractivity contribution < 1.29 is 0 Å². The highest BCUT2D eigenvalue weighted by Crippen LogP contribution is 2.32. The van der Waals surface area contributed by atoms with E-state index in [0.717, 1.165) is 23.8 Å². The van der Waals surface area contributed by atoms with Crippen molar-refractivity contribution in [1.82, 2.24) is 14.6 Å². The normalized spacial score (nSPS) is 15.4. The number of fused-ring (bicyclic) bond motifs is 1. The zero-order valence-corrected chi connectivity index (χ0v) is 8.22. The predicted octanol–water partition coefficient (Wildman–Crippen LogP) is 1.55. The van der Waals surface area contributed by atoms with E-state index in [0.29, 0.717) is 5.56 Å². The molecular weight excluding hydrogens is 188 g/mol. The Hall–Kier alpha value is -1.89. The summed E-state index contributed by atoms with van der Waals surface area (Å²) < 4.78 is 1.97. The summed E-state index contributed by atoms with van der Waals surface area (Å²) in [5, 5.41) is 17.0. The Labute approximate surface area is 87.2 Å². The highest BCUT2D eigenvalue weighted by molar-refractivity contribution is 5.45. The van der Waals surface area contributed by atoms with Gasteiger partial charge in [0.1, 0.15) is 5.82 Å². The minimum absolute atomic E-state index is 0.632. The first-order valence-corrected chi connectivity index (χ1v) is 5.10. The van der Waals surface area contributed by atoms with E-state index < -0.39 is 0 Å². The quantitative estimate of drug-likeness (QED) is 0.735. The van der Waals surface area contributed by atoms with E-state index in [1.54, 1.807) is 12.1 Å². The minimum Gasteiger partial charge on any atom is -0.286 e. The molecule has 1 fully saturated rings. The molecular formula is C11H10N4. The minimum atomic E-state index is 0.632. The van der Waals surface area contributed by atoms with Gasteiger partial charge < -0.3 is 0 Å².